The molecule has 1 N–H and O–H groups in total. The summed E-state index contributed by atoms with van der Waals surface area (Å²) in [6.45, 7) is 0. The summed E-state index contributed by atoms with van der Waals surface area (Å²) in [4.78, 5) is 11.2. The predicted octanol–water partition coefficient (Wildman–Crippen LogP) is 4.36. The maximum absolute atomic E-state index is 13.9. The van der Waals surface area contributed by atoms with Gasteiger partial charge in [-0.3, -0.25) is 10.1 Å². The number of rotatable bonds is 5. The second kappa shape index (κ2) is 5.20. The number of nitro groups is 1. The fourth-order valence-corrected chi connectivity index (χ4v) is 3.09. The van der Waals surface area contributed by atoms with Gasteiger partial charge in [0.1, 0.15) is 0 Å². The minimum atomic E-state index is -0.593. The van der Waals surface area contributed by atoms with Gasteiger partial charge in [0.2, 0.25) is 0 Å². The molecule has 6 heteroatoms. The van der Waals surface area contributed by atoms with Gasteiger partial charge in [0.25, 0.3) is 5.69 Å². The number of hydrogen-bond acceptors (Lipinski definition) is 4. The van der Waals surface area contributed by atoms with Crippen LogP contribution in [0.5, 0.6) is 0 Å². The van der Waals surface area contributed by atoms with Crippen LogP contribution in [0.4, 0.5) is 15.8 Å². The minimum Gasteiger partial charge on any atom is -0.375 e. The van der Waals surface area contributed by atoms with E-state index < -0.39 is 10.7 Å². The summed E-state index contributed by atoms with van der Waals surface area (Å²) in [6.07, 6.45) is 2.26. The molecular weight excluding hydrogens is 279 g/mol. The van der Waals surface area contributed by atoms with Gasteiger partial charge in [0, 0.05) is 10.9 Å². The first-order chi connectivity index (χ1) is 9.65. The zero-order valence-electron chi connectivity index (χ0n) is 10.6. The number of hydrogen-bond donors (Lipinski definition) is 1. The number of benzene rings is 1. The Hall–Kier alpha value is -1.95. The fraction of sp³-hybridized carbons (Fsp3) is 0.286. The molecule has 0 radical (unpaired) electrons. The molecular formula is C14H13FN2O2S. The van der Waals surface area contributed by atoms with E-state index in [1.54, 1.807) is 11.3 Å². The molecule has 1 unspecified atom stereocenters. The second-order valence-corrected chi connectivity index (χ2v) is 5.88. The Morgan fingerprint density at radius 3 is 2.75 bits per heavy atom. The first-order valence-corrected chi connectivity index (χ1v) is 7.27. The third kappa shape index (κ3) is 2.65. The number of non-ortho nitro benzene ring substituents is 1. The summed E-state index contributed by atoms with van der Waals surface area (Å²) in [5.41, 5.74) is 0.0908. The van der Waals surface area contributed by atoms with E-state index in [-0.39, 0.29) is 11.7 Å². The van der Waals surface area contributed by atoms with Gasteiger partial charge in [-0.15, -0.1) is 11.3 Å². The van der Waals surface area contributed by atoms with Gasteiger partial charge >= 0.3 is 0 Å². The molecule has 1 aliphatic carbocycles. The van der Waals surface area contributed by atoms with Crippen molar-refractivity contribution < 1.29 is 9.31 Å². The van der Waals surface area contributed by atoms with Crippen LogP contribution < -0.4 is 5.32 Å². The van der Waals surface area contributed by atoms with Gasteiger partial charge in [-0.05, 0) is 36.3 Å². The average molecular weight is 292 g/mol. The van der Waals surface area contributed by atoms with Crippen LogP contribution in [0, 0.1) is 21.8 Å². The third-order valence-electron chi connectivity index (χ3n) is 3.42. The maximum Gasteiger partial charge on any atom is 0.272 e. The van der Waals surface area contributed by atoms with Crippen molar-refractivity contribution in [1.29, 1.82) is 0 Å². The molecule has 0 bridgehead atoms. The highest BCUT2D eigenvalue weighted by molar-refractivity contribution is 7.10. The molecule has 2 aromatic rings. The van der Waals surface area contributed by atoms with Crippen molar-refractivity contribution in [2.24, 2.45) is 5.92 Å². The summed E-state index contributed by atoms with van der Waals surface area (Å²) in [7, 11) is 0. The summed E-state index contributed by atoms with van der Waals surface area (Å²) >= 11 is 1.64. The number of halogens is 1. The highest BCUT2D eigenvalue weighted by Crippen LogP contribution is 2.44. The smallest absolute Gasteiger partial charge is 0.272 e. The Bertz CT molecular complexity index is 626. The van der Waals surface area contributed by atoms with E-state index in [0.29, 0.717) is 11.6 Å². The molecule has 1 saturated carbocycles. The largest absolute Gasteiger partial charge is 0.375 e. The van der Waals surface area contributed by atoms with Crippen LogP contribution in [0.15, 0.2) is 35.7 Å². The molecule has 1 heterocycles. The standard InChI is InChI=1S/C14H13FN2O2S/c15-11-8-10(17(18)19)5-6-12(11)16-14(9-3-4-9)13-2-1-7-20-13/h1-2,5-9,14,16H,3-4H2. The lowest BCUT2D eigenvalue weighted by atomic mass is 10.1. The molecule has 4 nitrogen and oxygen atoms in total. The molecule has 1 fully saturated rings. The van der Waals surface area contributed by atoms with Crippen LogP contribution in [0.3, 0.4) is 0 Å². The molecule has 3 rings (SSSR count). The van der Waals surface area contributed by atoms with Crippen molar-refractivity contribution in [2.45, 2.75) is 18.9 Å². The van der Waals surface area contributed by atoms with Crippen LogP contribution in [0.2, 0.25) is 0 Å². The third-order valence-corrected chi connectivity index (χ3v) is 4.37. The van der Waals surface area contributed by atoms with Crippen molar-refractivity contribution in [3.8, 4) is 0 Å². The first kappa shape index (κ1) is 13.1. The molecule has 0 amide bonds. The van der Waals surface area contributed by atoms with Gasteiger partial charge in [0.15, 0.2) is 5.82 Å². The number of anilines is 1. The number of nitrogens with zero attached hydrogens (tertiary/aromatic N) is 1. The Morgan fingerprint density at radius 1 is 1.40 bits per heavy atom. The Balaban J connectivity index is 1.84. The van der Waals surface area contributed by atoms with Crippen LogP contribution in [0.25, 0.3) is 0 Å². The van der Waals surface area contributed by atoms with E-state index in [1.165, 1.54) is 17.0 Å². The normalized spacial score (nSPS) is 15.8. The van der Waals surface area contributed by atoms with Gasteiger partial charge in [-0.2, -0.15) is 0 Å². The molecule has 1 aliphatic rings. The molecule has 1 aromatic carbocycles. The topological polar surface area (TPSA) is 55.2 Å². The number of thiophene rings is 1. The highest BCUT2D eigenvalue weighted by Gasteiger charge is 2.33. The molecule has 0 aliphatic heterocycles. The van der Waals surface area contributed by atoms with Crippen molar-refractivity contribution in [1.82, 2.24) is 0 Å². The summed E-state index contributed by atoms with van der Waals surface area (Å²) in [6, 6.07) is 7.82. The van der Waals surface area contributed by atoms with E-state index in [9.17, 15) is 14.5 Å². The van der Waals surface area contributed by atoms with Crippen LogP contribution in [0.1, 0.15) is 23.8 Å². The summed E-state index contributed by atoms with van der Waals surface area (Å²) in [5, 5.41) is 15.8. The minimum absolute atomic E-state index is 0.0888. The van der Waals surface area contributed by atoms with E-state index in [0.717, 1.165) is 18.9 Å². The van der Waals surface area contributed by atoms with Crippen LogP contribution in [-0.4, -0.2) is 4.92 Å². The lowest BCUT2D eigenvalue weighted by Crippen LogP contribution is -2.12. The van der Waals surface area contributed by atoms with Gasteiger partial charge < -0.3 is 5.32 Å². The lowest BCUT2D eigenvalue weighted by molar-refractivity contribution is -0.385. The summed E-state index contributed by atoms with van der Waals surface area (Å²) in [5.74, 6) is -0.0651. The van der Waals surface area contributed by atoms with Crippen molar-refractivity contribution in [3.05, 3.63) is 56.5 Å². The highest BCUT2D eigenvalue weighted by atomic mass is 32.1. The Morgan fingerprint density at radius 2 is 2.20 bits per heavy atom. The maximum atomic E-state index is 13.9. The monoisotopic (exact) mass is 292 g/mol. The average Bonchev–Trinajstić information content (AvgIpc) is 3.11. The van der Waals surface area contributed by atoms with Crippen molar-refractivity contribution in [2.75, 3.05) is 5.32 Å². The van der Waals surface area contributed by atoms with Crippen LogP contribution >= 0.6 is 11.3 Å². The van der Waals surface area contributed by atoms with Gasteiger partial charge in [-0.1, -0.05) is 6.07 Å². The van der Waals surface area contributed by atoms with Crippen molar-refractivity contribution in [3.63, 3.8) is 0 Å². The van der Waals surface area contributed by atoms with E-state index in [2.05, 4.69) is 5.32 Å². The first-order valence-electron chi connectivity index (χ1n) is 6.39. The molecule has 0 spiro atoms. The van der Waals surface area contributed by atoms with Gasteiger partial charge in [-0.25, -0.2) is 4.39 Å². The predicted molar refractivity (Wildman–Crippen MR) is 76.5 cm³/mol. The van der Waals surface area contributed by atoms with E-state index >= 15 is 0 Å². The fourth-order valence-electron chi connectivity index (χ4n) is 2.22. The summed E-state index contributed by atoms with van der Waals surface area (Å²) < 4.78 is 13.9. The second-order valence-electron chi connectivity index (χ2n) is 4.90. The Kier molecular flexibility index (Phi) is 3.40. The molecule has 104 valence electrons. The SMILES string of the molecule is O=[N+]([O-])c1ccc(NC(c2cccs2)C2CC2)c(F)c1. The number of nitro benzene ring substituents is 1. The number of nitrogens with one attached hydrogen (secondary N) is 1. The Labute approximate surface area is 119 Å². The zero-order valence-corrected chi connectivity index (χ0v) is 11.4. The zero-order chi connectivity index (χ0) is 14.1. The molecule has 20 heavy (non-hydrogen) atoms. The molecule has 1 aromatic heterocycles. The quantitative estimate of drug-likeness (QED) is 0.658. The van der Waals surface area contributed by atoms with Gasteiger partial charge in [0.05, 0.1) is 22.7 Å². The molecule has 1 atom stereocenters. The van der Waals surface area contributed by atoms with Crippen LogP contribution in [-0.2, 0) is 0 Å². The van der Waals surface area contributed by atoms with E-state index in [1.807, 2.05) is 17.5 Å². The van der Waals surface area contributed by atoms with Crippen molar-refractivity contribution >= 4 is 22.7 Å². The lowest BCUT2D eigenvalue weighted by Gasteiger charge is -2.18. The molecule has 0 saturated heterocycles. The van der Waals surface area contributed by atoms with E-state index in [4.69, 9.17) is 0 Å².